The molecule has 0 aliphatic heterocycles. The molecule has 0 spiro atoms. The number of carbonyl (C=O) groups excluding carboxylic acids is 1. The minimum absolute atomic E-state index is 0.231. The topological polar surface area (TPSA) is 108 Å². The zero-order valence-electron chi connectivity index (χ0n) is 20.5. The minimum Gasteiger partial charge on any atom is -0.390 e. The second kappa shape index (κ2) is 12.9. The van der Waals surface area contributed by atoms with Crippen molar-refractivity contribution < 1.29 is 14.3 Å². The monoisotopic (exact) mass is 483 g/mol. The SMILES string of the molecule is CCCN(CCCc1ccc(F)cc1)C[C@H](O)[C@@H](C)NC(=O)Nc1cccc(-c2nnnn2C)c1. The Labute approximate surface area is 205 Å². The van der Waals surface area contributed by atoms with Crippen molar-refractivity contribution in [2.45, 2.75) is 45.3 Å². The normalized spacial score (nSPS) is 13.0. The van der Waals surface area contributed by atoms with E-state index in [-0.39, 0.29) is 5.82 Å². The second-order valence-electron chi connectivity index (χ2n) is 8.69. The molecule has 0 radical (unpaired) electrons. The molecule has 9 nitrogen and oxygen atoms in total. The van der Waals surface area contributed by atoms with Crippen LogP contribution in [0.3, 0.4) is 0 Å². The molecule has 0 saturated carbocycles. The van der Waals surface area contributed by atoms with E-state index in [9.17, 15) is 14.3 Å². The number of aromatic nitrogens is 4. The highest BCUT2D eigenvalue weighted by Gasteiger charge is 2.20. The molecule has 2 aromatic carbocycles. The maximum Gasteiger partial charge on any atom is 0.319 e. The Balaban J connectivity index is 1.47. The summed E-state index contributed by atoms with van der Waals surface area (Å²) < 4.78 is 14.6. The van der Waals surface area contributed by atoms with Crippen molar-refractivity contribution in [3.05, 3.63) is 59.9 Å². The largest absolute Gasteiger partial charge is 0.390 e. The molecule has 0 unspecified atom stereocenters. The van der Waals surface area contributed by atoms with Crippen molar-refractivity contribution in [2.75, 3.05) is 25.0 Å². The van der Waals surface area contributed by atoms with E-state index in [2.05, 4.69) is 38.0 Å². The van der Waals surface area contributed by atoms with Gasteiger partial charge in [0, 0.05) is 24.8 Å². The number of nitrogens with one attached hydrogen (secondary N) is 2. The van der Waals surface area contributed by atoms with Gasteiger partial charge < -0.3 is 20.6 Å². The molecule has 1 aromatic heterocycles. The van der Waals surface area contributed by atoms with Gasteiger partial charge in [-0.25, -0.2) is 13.9 Å². The molecular weight excluding hydrogens is 449 g/mol. The van der Waals surface area contributed by atoms with Crippen molar-refractivity contribution in [3.8, 4) is 11.4 Å². The Bertz CT molecular complexity index is 1070. The number of rotatable bonds is 12. The second-order valence-corrected chi connectivity index (χ2v) is 8.69. The lowest BCUT2D eigenvalue weighted by Gasteiger charge is -2.28. The number of benzene rings is 2. The van der Waals surface area contributed by atoms with E-state index >= 15 is 0 Å². The van der Waals surface area contributed by atoms with E-state index in [4.69, 9.17) is 0 Å². The van der Waals surface area contributed by atoms with E-state index in [1.165, 1.54) is 12.1 Å². The van der Waals surface area contributed by atoms with Crippen LogP contribution in [0.25, 0.3) is 11.4 Å². The summed E-state index contributed by atoms with van der Waals surface area (Å²) in [6, 6.07) is 13.0. The lowest BCUT2D eigenvalue weighted by atomic mass is 10.1. The molecule has 0 saturated heterocycles. The number of hydrogen-bond donors (Lipinski definition) is 3. The van der Waals surface area contributed by atoms with Crippen LogP contribution < -0.4 is 10.6 Å². The summed E-state index contributed by atoms with van der Waals surface area (Å²) >= 11 is 0. The summed E-state index contributed by atoms with van der Waals surface area (Å²) in [7, 11) is 1.75. The van der Waals surface area contributed by atoms with Gasteiger partial charge in [-0.05, 0) is 79.5 Å². The minimum atomic E-state index is -0.728. The van der Waals surface area contributed by atoms with Gasteiger partial charge in [0.05, 0.1) is 12.1 Å². The average Bonchev–Trinajstić information content (AvgIpc) is 3.26. The number of urea groups is 1. The van der Waals surface area contributed by atoms with E-state index in [0.29, 0.717) is 18.1 Å². The quantitative estimate of drug-likeness (QED) is 0.365. The van der Waals surface area contributed by atoms with Crippen LogP contribution in [0.1, 0.15) is 32.3 Å². The van der Waals surface area contributed by atoms with Crippen LogP contribution in [0.15, 0.2) is 48.5 Å². The summed E-state index contributed by atoms with van der Waals surface area (Å²) in [4.78, 5) is 14.7. The van der Waals surface area contributed by atoms with Crippen LogP contribution >= 0.6 is 0 Å². The molecule has 3 aromatic rings. The van der Waals surface area contributed by atoms with Crippen LogP contribution in [-0.4, -0.2) is 68.0 Å². The molecule has 35 heavy (non-hydrogen) atoms. The summed E-state index contributed by atoms with van der Waals surface area (Å²) in [5.74, 6) is 0.360. The molecule has 2 atom stereocenters. The number of aryl methyl sites for hydroxylation is 2. The van der Waals surface area contributed by atoms with Gasteiger partial charge in [0.2, 0.25) is 0 Å². The molecule has 188 valence electrons. The van der Waals surface area contributed by atoms with Crippen LogP contribution in [0.5, 0.6) is 0 Å². The molecule has 0 aliphatic rings. The lowest BCUT2D eigenvalue weighted by Crippen LogP contribution is -2.48. The molecule has 3 N–H and O–H groups in total. The lowest BCUT2D eigenvalue weighted by molar-refractivity contribution is 0.0868. The van der Waals surface area contributed by atoms with Crippen molar-refractivity contribution in [1.29, 1.82) is 0 Å². The molecule has 2 amide bonds. The van der Waals surface area contributed by atoms with E-state index in [1.807, 2.05) is 12.1 Å². The number of nitrogens with zero attached hydrogens (tertiary/aromatic N) is 5. The van der Waals surface area contributed by atoms with Gasteiger partial charge in [0.25, 0.3) is 0 Å². The third-order valence-corrected chi connectivity index (χ3v) is 5.77. The summed E-state index contributed by atoms with van der Waals surface area (Å²) in [6.07, 6.45) is 1.98. The molecule has 10 heteroatoms. The summed E-state index contributed by atoms with van der Waals surface area (Å²) in [5.41, 5.74) is 2.46. The number of hydrogen-bond acceptors (Lipinski definition) is 6. The predicted molar refractivity (Wildman–Crippen MR) is 133 cm³/mol. The highest BCUT2D eigenvalue weighted by molar-refractivity contribution is 5.90. The number of aliphatic hydroxyl groups excluding tert-OH is 1. The first-order valence-electron chi connectivity index (χ1n) is 11.9. The van der Waals surface area contributed by atoms with Crippen LogP contribution in [0.2, 0.25) is 0 Å². The fraction of sp³-hybridized carbons (Fsp3) is 0.440. The third kappa shape index (κ3) is 8.11. The summed E-state index contributed by atoms with van der Waals surface area (Å²) in [5, 5.41) is 27.8. The number of aliphatic hydroxyl groups is 1. The zero-order valence-corrected chi connectivity index (χ0v) is 20.5. The van der Waals surface area contributed by atoms with Crippen molar-refractivity contribution in [1.82, 2.24) is 30.4 Å². The predicted octanol–water partition coefficient (Wildman–Crippen LogP) is 3.23. The fourth-order valence-corrected chi connectivity index (χ4v) is 3.87. The number of tetrazole rings is 1. The van der Waals surface area contributed by atoms with Crippen LogP contribution in [0, 0.1) is 5.82 Å². The van der Waals surface area contributed by atoms with Gasteiger partial charge in [0.15, 0.2) is 5.82 Å². The van der Waals surface area contributed by atoms with E-state index < -0.39 is 18.2 Å². The van der Waals surface area contributed by atoms with Gasteiger partial charge in [-0.3, -0.25) is 0 Å². The van der Waals surface area contributed by atoms with Crippen LogP contribution in [0.4, 0.5) is 14.9 Å². The maximum absolute atomic E-state index is 13.1. The fourth-order valence-electron chi connectivity index (χ4n) is 3.87. The van der Waals surface area contributed by atoms with E-state index in [1.54, 1.807) is 42.9 Å². The third-order valence-electron chi connectivity index (χ3n) is 5.77. The molecule has 0 aliphatic carbocycles. The Hall–Kier alpha value is -3.37. The number of anilines is 1. The first-order chi connectivity index (χ1) is 16.9. The zero-order chi connectivity index (χ0) is 25.2. The highest BCUT2D eigenvalue weighted by Crippen LogP contribution is 2.19. The van der Waals surface area contributed by atoms with Crippen molar-refractivity contribution >= 4 is 11.7 Å². The Kier molecular flexibility index (Phi) is 9.68. The molecule has 0 fully saturated rings. The molecule has 1 heterocycles. The molecule has 3 rings (SSSR count). The van der Waals surface area contributed by atoms with Gasteiger partial charge in [-0.1, -0.05) is 31.2 Å². The van der Waals surface area contributed by atoms with Crippen LogP contribution in [-0.2, 0) is 13.5 Å². The van der Waals surface area contributed by atoms with E-state index in [0.717, 1.165) is 43.5 Å². The Morgan fingerprint density at radius 2 is 1.97 bits per heavy atom. The smallest absolute Gasteiger partial charge is 0.319 e. The standard InChI is InChI=1S/C25H34FN7O2/c1-4-14-33(15-6-7-19-10-12-21(26)13-11-19)17-23(34)18(2)27-25(35)28-22-9-5-8-20(16-22)24-29-30-31-32(24)3/h5,8-13,16,18,23,34H,4,6-7,14-15,17H2,1-3H3,(H2,27,28,35)/t18-,23+/m1/s1. The van der Waals surface area contributed by atoms with Gasteiger partial charge in [-0.15, -0.1) is 5.10 Å². The van der Waals surface area contributed by atoms with Crippen molar-refractivity contribution in [2.24, 2.45) is 7.05 Å². The number of carbonyl (C=O) groups is 1. The van der Waals surface area contributed by atoms with Gasteiger partial charge >= 0.3 is 6.03 Å². The Morgan fingerprint density at radius 1 is 1.20 bits per heavy atom. The van der Waals surface area contributed by atoms with Gasteiger partial charge in [0.1, 0.15) is 5.82 Å². The molecule has 0 bridgehead atoms. The average molecular weight is 484 g/mol. The number of amides is 2. The summed E-state index contributed by atoms with van der Waals surface area (Å²) in [6.45, 7) is 6.00. The first-order valence-corrected chi connectivity index (χ1v) is 11.9. The number of halogens is 1. The highest BCUT2D eigenvalue weighted by atomic mass is 19.1. The molecular formula is C25H34FN7O2. The Morgan fingerprint density at radius 3 is 2.66 bits per heavy atom. The van der Waals surface area contributed by atoms with Gasteiger partial charge in [-0.2, -0.15) is 0 Å². The first kappa shape index (κ1) is 26.2. The maximum atomic E-state index is 13.1. The van der Waals surface area contributed by atoms with Crippen molar-refractivity contribution in [3.63, 3.8) is 0 Å².